The van der Waals surface area contributed by atoms with Gasteiger partial charge in [-0.05, 0) is 86.4 Å². The lowest BCUT2D eigenvalue weighted by Gasteiger charge is -2.26. The number of rotatable bonds is 11. The van der Waals surface area contributed by atoms with E-state index in [2.05, 4.69) is 19.2 Å². The Labute approximate surface area is 201 Å². The molecule has 2 aromatic rings. The molecule has 0 saturated heterocycles. The number of nitrogens with one attached hydrogen (secondary N) is 1. The highest BCUT2D eigenvalue weighted by Gasteiger charge is 2.26. The molecule has 0 unspecified atom stereocenters. The molecule has 6 nitrogen and oxygen atoms in total. The molecule has 2 aromatic carbocycles. The standard InChI is InChI=1S/C28H35NO5/c1-19(2)18-20-5-7-22(8-6-20)27(31)29-17-3-4-26(30)21-9-13-24(14-10-21)34-25-15-11-23(12-16-25)28(32)33/h5-10,13-14,19,23,25H,3-4,11-12,15-18H2,1-2H3,(H,29,31)(H,32,33). The third kappa shape index (κ3) is 7.72. The average molecular weight is 466 g/mol. The number of carbonyl (C=O) groups is 3. The summed E-state index contributed by atoms with van der Waals surface area (Å²) in [6, 6.07) is 14.8. The van der Waals surface area contributed by atoms with Crippen molar-refractivity contribution in [1.29, 1.82) is 0 Å². The number of carbonyl (C=O) groups excluding carboxylic acids is 2. The monoisotopic (exact) mass is 465 g/mol. The quantitative estimate of drug-likeness (QED) is 0.347. The Morgan fingerprint density at radius 2 is 1.56 bits per heavy atom. The molecular formula is C28H35NO5. The highest BCUT2D eigenvalue weighted by molar-refractivity contribution is 5.96. The van der Waals surface area contributed by atoms with Gasteiger partial charge in [0.2, 0.25) is 0 Å². The molecule has 1 amide bonds. The lowest BCUT2D eigenvalue weighted by Crippen LogP contribution is -2.27. The Hall–Kier alpha value is -3.15. The van der Waals surface area contributed by atoms with Gasteiger partial charge in [-0.25, -0.2) is 0 Å². The number of amides is 1. The second-order valence-corrected chi connectivity index (χ2v) is 9.53. The first-order valence-corrected chi connectivity index (χ1v) is 12.2. The summed E-state index contributed by atoms with van der Waals surface area (Å²) in [6.07, 6.45) is 4.66. The normalized spacial score (nSPS) is 17.9. The second kappa shape index (κ2) is 12.4. The number of Topliss-reactive ketones (excluding diaryl/α,β-unsaturated/α-hetero) is 1. The van der Waals surface area contributed by atoms with Crippen molar-refractivity contribution in [2.45, 2.75) is 64.9 Å². The summed E-state index contributed by atoms with van der Waals surface area (Å²) in [5.74, 6) is 0.188. The Bertz CT molecular complexity index is 957. The lowest BCUT2D eigenvalue weighted by atomic mass is 9.87. The van der Waals surface area contributed by atoms with Crippen LogP contribution in [0, 0.1) is 11.8 Å². The highest BCUT2D eigenvalue weighted by atomic mass is 16.5. The summed E-state index contributed by atoms with van der Waals surface area (Å²) < 4.78 is 5.96. The van der Waals surface area contributed by atoms with Gasteiger partial charge in [0.05, 0.1) is 12.0 Å². The molecule has 0 aliphatic heterocycles. The van der Waals surface area contributed by atoms with Crippen LogP contribution in [0.25, 0.3) is 0 Å². The predicted molar refractivity (Wildman–Crippen MR) is 131 cm³/mol. The zero-order valence-corrected chi connectivity index (χ0v) is 20.1. The van der Waals surface area contributed by atoms with Crippen LogP contribution in [0.15, 0.2) is 48.5 Å². The van der Waals surface area contributed by atoms with Gasteiger partial charge in [-0.1, -0.05) is 26.0 Å². The van der Waals surface area contributed by atoms with Crippen molar-refractivity contribution in [2.24, 2.45) is 11.8 Å². The lowest BCUT2D eigenvalue weighted by molar-refractivity contribution is -0.143. The van der Waals surface area contributed by atoms with Crippen molar-refractivity contribution >= 4 is 17.7 Å². The summed E-state index contributed by atoms with van der Waals surface area (Å²) >= 11 is 0. The van der Waals surface area contributed by atoms with Crippen LogP contribution in [0.3, 0.4) is 0 Å². The van der Waals surface area contributed by atoms with Crippen LogP contribution < -0.4 is 10.1 Å². The molecule has 34 heavy (non-hydrogen) atoms. The van der Waals surface area contributed by atoms with E-state index in [1.165, 1.54) is 5.56 Å². The van der Waals surface area contributed by atoms with E-state index < -0.39 is 5.97 Å². The van der Waals surface area contributed by atoms with Crippen LogP contribution in [-0.2, 0) is 11.2 Å². The molecule has 0 aromatic heterocycles. The van der Waals surface area contributed by atoms with Crippen LogP contribution in [0.4, 0.5) is 0 Å². The molecule has 1 aliphatic rings. The number of aliphatic carboxylic acids is 1. The minimum atomic E-state index is -0.725. The summed E-state index contributed by atoms with van der Waals surface area (Å²) in [5.41, 5.74) is 2.47. The summed E-state index contributed by atoms with van der Waals surface area (Å²) in [4.78, 5) is 35.8. The number of hydrogen-bond donors (Lipinski definition) is 2. The average Bonchev–Trinajstić information content (AvgIpc) is 2.82. The maximum absolute atomic E-state index is 12.5. The molecular weight excluding hydrogens is 430 g/mol. The first-order valence-electron chi connectivity index (χ1n) is 12.2. The molecule has 0 heterocycles. The fraction of sp³-hybridized carbons (Fsp3) is 0.464. The number of hydrogen-bond acceptors (Lipinski definition) is 4. The number of ether oxygens (including phenoxy) is 1. The van der Waals surface area contributed by atoms with Crippen LogP contribution >= 0.6 is 0 Å². The first kappa shape index (κ1) is 25.5. The van der Waals surface area contributed by atoms with Crippen LogP contribution in [-0.4, -0.2) is 35.4 Å². The topological polar surface area (TPSA) is 92.7 Å². The fourth-order valence-electron chi connectivity index (χ4n) is 4.30. The highest BCUT2D eigenvalue weighted by Crippen LogP contribution is 2.28. The van der Waals surface area contributed by atoms with Gasteiger partial charge >= 0.3 is 5.97 Å². The third-order valence-electron chi connectivity index (χ3n) is 6.23. The molecule has 0 atom stereocenters. The van der Waals surface area contributed by atoms with E-state index in [0.717, 1.165) is 19.3 Å². The molecule has 0 spiro atoms. The van der Waals surface area contributed by atoms with E-state index in [0.29, 0.717) is 55.0 Å². The maximum atomic E-state index is 12.5. The minimum Gasteiger partial charge on any atom is -0.490 e. The van der Waals surface area contributed by atoms with E-state index in [1.807, 2.05) is 24.3 Å². The smallest absolute Gasteiger partial charge is 0.306 e. The summed E-state index contributed by atoms with van der Waals surface area (Å²) in [5, 5.41) is 12.0. The van der Waals surface area contributed by atoms with E-state index in [4.69, 9.17) is 9.84 Å². The summed E-state index contributed by atoms with van der Waals surface area (Å²) in [6.45, 7) is 4.78. The molecule has 1 aliphatic carbocycles. The van der Waals surface area contributed by atoms with E-state index >= 15 is 0 Å². The van der Waals surface area contributed by atoms with Crippen molar-refractivity contribution in [3.05, 3.63) is 65.2 Å². The van der Waals surface area contributed by atoms with Crippen molar-refractivity contribution in [3.63, 3.8) is 0 Å². The third-order valence-corrected chi connectivity index (χ3v) is 6.23. The van der Waals surface area contributed by atoms with Gasteiger partial charge in [-0.15, -0.1) is 0 Å². The van der Waals surface area contributed by atoms with Gasteiger partial charge in [0, 0.05) is 24.1 Å². The minimum absolute atomic E-state index is 0.0205. The van der Waals surface area contributed by atoms with Gasteiger partial charge in [0.1, 0.15) is 5.75 Å². The van der Waals surface area contributed by atoms with E-state index in [9.17, 15) is 14.4 Å². The van der Waals surface area contributed by atoms with E-state index in [-0.39, 0.29) is 23.7 Å². The Balaban J connectivity index is 1.37. The molecule has 1 saturated carbocycles. The zero-order valence-electron chi connectivity index (χ0n) is 20.1. The van der Waals surface area contributed by atoms with Crippen LogP contribution in [0.5, 0.6) is 5.75 Å². The molecule has 2 N–H and O–H groups in total. The maximum Gasteiger partial charge on any atom is 0.306 e. The molecule has 6 heteroatoms. The Morgan fingerprint density at radius 1 is 0.941 bits per heavy atom. The molecule has 0 bridgehead atoms. The van der Waals surface area contributed by atoms with Crippen molar-refractivity contribution in [1.82, 2.24) is 5.32 Å². The molecule has 3 rings (SSSR count). The number of carboxylic acid groups (broad SMARTS) is 1. The Kier molecular flexibility index (Phi) is 9.25. The van der Waals surface area contributed by atoms with Crippen LogP contribution in [0.2, 0.25) is 0 Å². The zero-order chi connectivity index (χ0) is 24.5. The molecule has 182 valence electrons. The van der Waals surface area contributed by atoms with Crippen molar-refractivity contribution in [3.8, 4) is 5.75 Å². The van der Waals surface area contributed by atoms with Crippen molar-refractivity contribution < 1.29 is 24.2 Å². The van der Waals surface area contributed by atoms with Gasteiger partial charge in [-0.2, -0.15) is 0 Å². The van der Waals surface area contributed by atoms with E-state index in [1.54, 1.807) is 24.3 Å². The molecule has 0 radical (unpaired) electrons. The largest absolute Gasteiger partial charge is 0.490 e. The second-order valence-electron chi connectivity index (χ2n) is 9.53. The summed E-state index contributed by atoms with van der Waals surface area (Å²) in [7, 11) is 0. The predicted octanol–water partition coefficient (Wildman–Crippen LogP) is 5.30. The molecule has 1 fully saturated rings. The van der Waals surface area contributed by atoms with Gasteiger partial charge < -0.3 is 15.2 Å². The fourth-order valence-corrected chi connectivity index (χ4v) is 4.30. The van der Waals surface area contributed by atoms with Crippen molar-refractivity contribution in [2.75, 3.05) is 6.54 Å². The number of benzene rings is 2. The number of carboxylic acids is 1. The van der Waals surface area contributed by atoms with Gasteiger partial charge in [0.25, 0.3) is 5.91 Å². The van der Waals surface area contributed by atoms with Gasteiger partial charge in [-0.3, -0.25) is 14.4 Å². The van der Waals surface area contributed by atoms with Gasteiger partial charge in [0.15, 0.2) is 5.78 Å². The Morgan fingerprint density at radius 3 is 2.15 bits per heavy atom. The SMILES string of the molecule is CC(C)Cc1ccc(C(=O)NCCCC(=O)c2ccc(OC3CCC(C(=O)O)CC3)cc2)cc1. The number of ketones is 1. The first-order chi connectivity index (χ1) is 16.3. The van der Waals surface area contributed by atoms with Crippen LogP contribution in [0.1, 0.15) is 78.7 Å².